The number of carbonyl (C=O) groups is 1. The van der Waals surface area contributed by atoms with Crippen molar-refractivity contribution in [3.8, 4) is 17.4 Å². The van der Waals surface area contributed by atoms with Crippen LogP contribution in [0.1, 0.15) is 17.6 Å². The van der Waals surface area contributed by atoms with Crippen LogP contribution in [0.25, 0.3) is 5.82 Å². The Bertz CT molecular complexity index is 1360. The average Bonchev–Trinajstić information content (AvgIpc) is 3.44. The number of thiophene rings is 1. The summed E-state index contributed by atoms with van der Waals surface area (Å²) in [5.74, 6) is 2.02. The summed E-state index contributed by atoms with van der Waals surface area (Å²) in [7, 11) is -3.75. The van der Waals surface area contributed by atoms with Gasteiger partial charge in [-0.3, -0.25) is 14.1 Å². The highest BCUT2D eigenvalue weighted by Gasteiger charge is 2.17. The lowest BCUT2D eigenvalue weighted by atomic mass is 10.3. The Morgan fingerprint density at radius 1 is 1.09 bits per heavy atom. The van der Waals surface area contributed by atoms with Gasteiger partial charge in [0.25, 0.3) is 10.0 Å². The predicted molar refractivity (Wildman–Crippen MR) is 123 cm³/mol. The van der Waals surface area contributed by atoms with E-state index in [1.807, 2.05) is 6.92 Å². The number of amides is 1. The summed E-state index contributed by atoms with van der Waals surface area (Å²) in [6, 6.07) is 13.1. The number of aromatic nitrogens is 4. The van der Waals surface area contributed by atoms with Crippen molar-refractivity contribution in [2.45, 2.75) is 24.6 Å². The molecule has 0 aliphatic rings. The number of carbonyl (C=O) groups excluding carboxylic acids is 1. The van der Waals surface area contributed by atoms with Crippen LogP contribution in [0.2, 0.25) is 0 Å². The maximum Gasteiger partial charge on any atom is 0.271 e. The van der Waals surface area contributed by atoms with Crippen molar-refractivity contribution >= 4 is 33.0 Å². The lowest BCUT2D eigenvalue weighted by molar-refractivity contribution is -0.119. The van der Waals surface area contributed by atoms with Crippen molar-refractivity contribution < 1.29 is 17.9 Å². The third-order valence-corrected chi connectivity index (χ3v) is 7.40. The first-order valence-corrected chi connectivity index (χ1v) is 12.1. The van der Waals surface area contributed by atoms with Crippen molar-refractivity contribution in [1.82, 2.24) is 25.1 Å². The van der Waals surface area contributed by atoms with Crippen molar-refractivity contribution in [2.75, 3.05) is 4.72 Å². The minimum absolute atomic E-state index is 0.159. The van der Waals surface area contributed by atoms with Crippen LogP contribution in [0.3, 0.4) is 0 Å². The van der Waals surface area contributed by atoms with Gasteiger partial charge in [-0.15, -0.1) is 21.5 Å². The Kier molecular flexibility index (Phi) is 6.38. The van der Waals surface area contributed by atoms with E-state index in [1.54, 1.807) is 59.4 Å². The quantitative estimate of drug-likeness (QED) is 0.393. The molecule has 0 unspecified atom stereocenters. The first-order valence-electron chi connectivity index (χ1n) is 9.78. The van der Waals surface area contributed by atoms with Gasteiger partial charge >= 0.3 is 0 Å². The first kappa shape index (κ1) is 22.4. The van der Waals surface area contributed by atoms with Crippen LogP contribution in [0.5, 0.6) is 11.6 Å². The second-order valence-corrected chi connectivity index (χ2v) is 10.0. The van der Waals surface area contributed by atoms with Crippen molar-refractivity contribution in [3.63, 3.8) is 0 Å². The number of hydrogen-bond acceptors (Lipinski definition) is 8. The number of anilines is 1. The lowest BCUT2D eigenvalue weighted by Crippen LogP contribution is -2.18. The molecule has 0 radical (unpaired) electrons. The second kappa shape index (κ2) is 9.38. The van der Waals surface area contributed by atoms with Crippen LogP contribution in [0.4, 0.5) is 5.69 Å². The molecule has 0 fully saturated rings. The molecule has 12 heteroatoms. The highest BCUT2D eigenvalue weighted by Crippen LogP contribution is 2.26. The Morgan fingerprint density at radius 3 is 2.52 bits per heavy atom. The summed E-state index contributed by atoms with van der Waals surface area (Å²) in [6.45, 7) is 3.56. The maximum absolute atomic E-state index is 12.6. The van der Waals surface area contributed by atoms with E-state index in [1.165, 1.54) is 13.0 Å². The summed E-state index contributed by atoms with van der Waals surface area (Å²) in [5, 5.41) is 10.8. The molecule has 0 saturated carbocycles. The minimum Gasteiger partial charge on any atom is -0.438 e. The third kappa shape index (κ3) is 5.54. The number of rotatable bonds is 8. The van der Waals surface area contributed by atoms with Gasteiger partial charge < -0.3 is 10.1 Å². The molecule has 1 amide bonds. The van der Waals surface area contributed by atoms with Gasteiger partial charge in [0.2, 0.25) is 11.8 Å². The van der Waals surface area contributed by atoms with Crippen LogP contribution >= 0.6 is 11.3 Å². The van der Waals surface area contributed by atoms with Gasteiger partial charge in [0, 0.05) is 35.9 Å². The number of nitrogens with zero attached hydrogens (tertiary/aromatic N) is 4. The molecule has 10 nitrogen and oxygen atoms in total. The maximum atomic E-state index is 12.6. The molecule has 0 atom stereocenters. The van der Waals surface area contributed by atoms with E-state index in [0.29, 0.717) is 23.1 Å². The number of aryl methyl sites for hydroxylation is 1. The van der Waals surface area contributed by atoms with Gasteiger partial charge in [0.1, 0.15) is 15.8 Å². The molecule has 4 rings (SSSR count). The van der Waals surface area contributed by atoms with E-state index >= 15 is 0 Å². The number of nitrogens with one attached hydrogen (secondary N) is 2. The number of imidazole rings is 1. The summed E-state index contributed by atoms with van der Waals surface area (Å²) in [5.41, 5.74) is 0.385. The zero-order chi connectivity index (χ0) is 23.4. The normalized spacial score (nSPS) is 11.2. The number of benzene rings is 1. The van der Waals surface area contributed by atoms with Crippen LogP contribution < -0.4 is 14.8 Å². The first-order chi connectivity index (χ1) is 15.8. The van der Waals surface area contributed by atoms with Gasteiger partial charge in [-0.25, -0.2) is 13.4 Å². The molecule has 1 aromatic carbocycles. The Hall–Kier alpha value is -3.77. The molecule has 0 aliphatic heterocycles. The smallest absolute Gasteiger partial charge is 0.271 e. The van der Waals surface area contributed by atoms with Crippen LogP contribution in [-0.2, 0) is 21.4 Å². The van der Waals surface area contributed by atoms with E-state index in [2.05, 4.69) is 25.2 Å². The van der Waals surface area contributed by atoms with E-state index in [0.717, 1.165) is 22.0 Å². The molecule has 2 N–H and O–H groups in total. The zero-order valence-corrected chi connectivity index (χ0v) is 19.4. The van der Waals surface area contributed by atoms with Gasteiger partial charge in [0.05, 0.1) is 6.54 Å². The summed E-state index contributed by atoms with van der Waals surface area (Å²) < 4.78 is 35.5. The van der Waals surface area contributed by atoms with Crippen molar-refractivity contribution in [2.24, 2.45) is 0 Å². The molecular weight excluding hydrogens is 464 g/mol. The van der Waals surface area contributed by atoms with Gasteiger partial charge in [-0.05, 0) is 49.4 Å². The van der Waals surface area contributed by atoms with Crippen molar-refractivity contribution in [1.29, 1.82) is 0 Å². The largest absolute Gasteiger partial charge is 0.438 e. The fourth-order valence-corrected chi connectivity index (χ4v) is 5.20. The van der Waals surface area contributed by atoms with Crippen molar-refractivity contribution in [3.05, 3.63) is 71.6 Å². The summed E-state index contributed by atoms with van der Waals surface area (Å²) in [6.07, 6.45) is 3.47. The standard InChI is InChI=1S/C21H20N6O4S2/c1-14-22-11-12-27(14)19-8-9-20(25-24-19)31-17-5-3-16(4-6-17)26-33(29,30)21-10-7-18(32-21)13-23-15(2)28/h3-12,26H,13H2,1-2H3,(H,23,28). The number of hydrogen-bond donors (Lipinski definition) is 2. The van der Waals surface area contributed by atoms with Gasteiger partial charge in [-0.2, -0.15) is 0 Å². The minimum atomic E-state index is -3.75. The van der Waals surface area contributed by atoms with E-state index < -0.39 is 10.0 Å². The van der Waals surface area contributed by atoms with Crippen LogP contribution in [0.15, 0.2) is 65.1 Å². The molecule has 0 aliphatic carbocycles. The molecular formula is C21H20N6O4S2. The zero-order valence-electron chi connectivity index (χ0n) is 17.7. The van der Waals surface area contributed by atoms with E-state index in [-0.39, 0.29) is 16.7 Å². The topological polar surface area (TPSA) is 128 Å². The molecule has 0 saturated heterocycles. The molecule has 3 heterocycles. The molecule has 4 aromatic rings. The SMILES string of the molecule is CC(=O)NCc1ccc(S(=O)(=O)Nc2ccc(Oc3ccc(-n4ccnc4C)nn3)cc2)s1. The summed E-state index contributed by atoms with van der Waals surface area (Å²) in [4.78, 5) is 15.9. The number of ether oxygens (including phenoxy) is 1. The van der Waals surface area contributed by atoms with Crippen LogP contribution in [-0.4, -0.2) is 34.1 Å². The average molecular weight is 485 g/mol. The molecule has 0 spiro atoms. The molecule has 3 aromatic heterocycles. The predicted octanol–water partition coefficient (Wildman–Crippen LogP) is 3.26. The second-order valence-electron chi connectivity index (χ2n) is 6.94. The van der Waals surface area contributed by atoms with E-state index in [9.17, 15) is 13.2 Å². The highest BCUT2D eigenvalue weighted by atomic mass is 32.2. The number of sulfonamides is 1. The molecule has 170 valence electrons. The summed E-state index contributed by atoms with van der Waals surface area (Å²) >= 11 is 1.10. The third-order valence-electron chi connectivity index (χ3n) is 4.44. The Balaban J connectivity index is 1.39. The Labute approximate surface area is 194 Å². The van der Waals surface area contributed by atoms with Gasteiger partial charge in [0.15, 0.2) is 5.82 Å². The fraction of sp³-hybridized carbons (Fsp3) is 0.143. The molecule has 33 heavy (non-hydrogen) atoms. The highest BCUT2D eigenvalue weighted by molar-refractivity contribution is 7.94. The monoisotopic (exact) mass is 484 g/mol. The van der Waals surface area contributed by atoms with E-state index in [4.69, 9.17) is 4.74 Å². The Morgan fingerprint density at radius 2 is 1.88 bits per heavy atom. The molecule has 0 bridgehead atoms. The van der Waals surface area contributed by atoms with Crippen LogP contribution in [0, 0.1) is 6.92 Å². The van der Waals surface area contributed by atoms with Gasteiger partial charge in [-0.1, -0.05) is 0 Å². The fourth-order valence-electron chi connectivity index (χ4n) is 2.84. The lowest BCUT2D eigenvalue weighted by Gasteiger charge is -2.09.